The van der Waals surface area contributed by atoms with Gasteiger partial charge in [0.2, 0.25) is 10.0 Å². The molecule has 1 aromatic rings. The highest BCUT2D eigenvalue weighted by Crippen LogP contribution is 2.26. The number of sulfonamides is 1. The third-order valence-electron chi connectivity index (χ3n) is 2.58. The predicted octanol–water partition coefficient (Wildman–Crippen LogP) is 2.25. The highest BCUT2D eigenvalue weighted by atomic mass is 35.5. The number of nitrogens with two attached hydrogens (primary N) is 1. The van der Waals surface area contributed by atoms with Crippen LogP contribution in [0.3, 0.4) is 0 Å². The number of hydrogen-bond acceptors (Lipinski definition) is 3. The van der Waals surface area contributed by atoms with Crippen molar-refractivity contribution in [2.45, 2.75) is 25.2 Å². The number of rotatable bonds is 5. The minimum Gasteiger partial charge on any atom is -0.398 e. The molecule has 0 radical (unpaired) electrons. The summed E-state index contributed by atoms with van der Waals surface area (Å²) >= 11 is 5.86. The van der Waals surface area contributed by atoms with Gasteiger partial charge in [0.1, 0.15) is 4.90 Å². The number of halogens is 1. The molecule has 0 fully saturated rings. The molecule has 0 amide bonds. The van der Waals surface area contributed by atoms with E-state index in [1.807, 2.05) is 13.8 Å². The van der Waals surface area contributed by atoms with Gasteiger partial charge in [-0.1, -0.05) is 37.9 Å². The van der Waals surface area contributed by atoms with Crippen LogP contribution >= 0.6 is 11.6 Å². The molecule has 0 aliphatic heterocycles. The summed E-state index contributed by atoms with van der Waals surface area (Å²) in [5.74, 6) is 0.272. The molecule has 3 N–H and O–H groups in total. The molecule has 0 heterocycles. The van der Waals surface area contributed by atoms with E-state index >= 15 is 0 Å². The number of nitrogens with one attached hydrogen (secondary N) is 1. The van der Waals surface area contributed by atoms with Gasteiger partial charge in [0.25, 0.3) is 0 Å². The smallest absolute Gasteiger partial charge is 0.244 e. The second-order valence-corrected chi connectivity index (χ2v) is 6.13. The molecule has 96 valence electrons. The molecule has 1 rings (SSSR count). The van der Waals surface area contributed by atoms with Gasteiger partial charge in [-0.2, -0.15) is 0 Å². The molecular weight excluding hydrogens is 260 g/mol. The van der Waals surface area contributed by atoms with E-state index in [0.717, 1.165) is 6.42 Å². The SMILES string of the molecule is CCC(C)CNS(=O)(=O)c1c(N)cccc1Cl. The number of benzene rings is 1. The first kappa shape index (κ1) is 14.3. The standard InChI is InChI=1S/C11H17ClN2O2S/c1-3-8(2)7-14-17(15,16)11-9(12)5-4-6-10(11)13/h4-6,8,14H,3,7,13H2,1-2H3. The van der Waals surface area contributed by atoms with Crippen LogP contribution in [0.15, 0.2) is 23.1 Å². The molecule has 0 bridgehead atoms. The van der Waals surface area contributed by atoms with Gasteiger partial charge >= 0.3 is 0 Å². The van der Waals surface area contributed by atoms with Gasteiger partial charge in [0.05, 0.1) is 10.7 Å². The van der Waals surface area contributed by atoms with Crippen LogP contribution in [-0.2, 0) is 10.0 Å². The molecule has 1 unspecified atom stereocenters. The van der Waals surface area contributed by atoms with Crippen molar-refractivity contribution in [3.63, 3.8) is 0 Å². The van der Waals surface area contributed by atoms with E-state index in [1.54, 1.807) is 6.07 Å². The average Bonchev–Trinajstić information content (AvgIpc) is 2.25. The Morgan fingerprint density at radius 2 is 2.12 bits per heavy atom. The van der Waals surface area contributed by atoms with Crippen molar-refractivity contribution < 1.29 is 8.42 Å². The summed E-state index contributed by atoms with van der Waals surface area (Å²) in [6.45, 7) is 4.35. The van der Waals surface area contributed by atoms with Crippen LogP contribution in [0.1, 0.15) is 20.3 Å². The highest BCUT2D eigenvalue weighted by Gasteiger charge is 2.21. The molecular formula is C11H17ClN2O2S. The van der Waals surface area contributed by atoms with Gasteiger partial charge in [0, 0.05) is 6.54 Å². The maximum Gasteiger partial charge on any atom is 0.244 e. The fourth-order valence-electron chi connectivity index (χ4n) is 1.28. The van der Waals surface area contributed by atoms with Crippen molar-refractivity contribution in [3.8, 4) is 0 Å². The van der Waals surface area contributed by atoms with Crippen LogP contribution in [0, 0.1) is 5.92 Å². The quantitative estimate of drug-likeness (QED) is 0.810. The fraction of sp³-hybridized carbons (Fsp3) is 0.455. The van der Waals surface area contributed by atoms with Crippen LogP contribution in [0.4, 0.5) is 5.69 Å². The molecule has 0 aromatic heterocycles. The zero-order chi connectivity index (χ0) is 13.1. The van der Waals surface area contributed by atoms with E-state index in [0.29, 0.717) is 6.54 Å². The summed E-state index contributed by atoms with van der Waals surface area (Å²) in [5, 5.41) is 0.140. The minimum absolute atomic E-state index is 0.0371. The Balaban J connectivity index is 2.98. The summed E-state index contributed by atoms with van der Waals surface area (Å²) in [6, 6.07) is 4.64. The maximum atomic E-state index is 12.0. The topological polar surface area (TPSA) is 72.2 Å². The minimum atomic E-state index is -3.63. The Bertz CT molecular complexity index is 468. The molecule has 0 saturated heterocycles. The molecule has 0 spiro atoms. The van der Waals surface area contributed by atoms with E-state index in [4.69, 9.17) is 17.3 Å². The van der Waals surface area contributed by atoms with Crippen LogP contribution in [0.25, 0.3) is 0 Å². The molecule has 17 heavy (non-hydrogen) atoms. The van der Waals surface area contributed by atoms with Gasteiger partial charge in [-0.15, -0.1) is 0 Å². The van der Waals surface area contributed by atoms with E-state index in [1.165, 1.54) is 12.1 Å². The number of anilines is 1. The van der Waals surface area contributed by atoms with Crippen molar-refractivity contribution in [1.29, 1.82) is 0 Å². The Hall–Kier alpha value is -0.780. The largest absolute Gasteiger partial charge is 0.398 e. The molecule has 1 aromatic carbocycles. The van der Waals surface area contributed by atoms with Crippen molar-refractivity contribution in [2.75, 3.05) is 12.3 Å². The second-order valence-electron chi connectivity index (χ2n) is 4.02. The molecule has 0 aliphatic rings. The van der Waals surface area contributed by atoms with Gasteiger partial charge in [-0.25, -0.2) is 13.1 Å². The van der Waals surface area contributed by atoms with Crippen LogP contribution in [0.5, 0.6) is 0 Å². The third-order valence-corrected chi connectivity index (χ3v) is 4.55. The van der Waals surface area contributed by atoms with E-state index < -0.39 is 10.0 Å². The Labute approximate surface area is 107 Å². The lowest BCUT2D eigenvalue weighted by Gasteiger charge is -2.13. The zero-order valence-electron chi connectivity index (χ0n) is 9.90. The summed E-state index contributed by atoms with van der Waals surface area (Å²) in [5.41, 5.74) is 5.80. The Morgan fingerprint density at radius 3 is 2.65 bits per heavy atom. The lowest BCUT2D eigenvalue weighted by atomic mass is 10.1. The van der Waals surface area contributed by atoms with Crippen LogP contribution in [0.2, 0.25) is 5.02 Å². The van der Waals surface area contributed by atoms with Crippen molar-refractivity contribution in [1.82, 2.24) is 4.72 Å². The van der Waals surface area contributed by atoms with Crippen molar-refractivity contribution in [2.24, 2.45) is 5.92 Å². The number of hydrogen-bond donors (Lipinski definition) is 2. The normalized spacial score (nSPS) is 13.6. The summed E-state index contributed by atoms with van der Waals surface area (Å²) < 4.78 is 26.6. The van der Waals surface area contributed by atoms with Gasteiger partial charge in [0.15, 0.2) is 0 Å². The molecule has 1 atom stereocenters. The Morgan fingerprint density at radius 1 is 1.47 bits per heavy atom. The van der Waals surface area contributed by atoms with Crippen LogP contribution < -0.4 is 10.5 Å². The van der Waals surface area contributed by atoms with Gasteiger partial charge < -0.3 is 5.73 Å². The first-order valence-electron chi connectivity index (χ1n) is 5.42. The first-order chi connectivity index (χ1) is 7.88. The fourth-order valence-corrected chi connectivity index (χ4v) is 3.12. The number of nitrogen functional groups attached to an aromatic ring is 1. The first-order valence-corrected chi connectivity index (χ1v) is 7.28. The lowest BCUT2D eigenvalue weighted by molar-refractivity contribution is 0.528. The zero-order valence-corrected chi connectivity index (χ0v) is 11.5. The van der Waals surface area contributed by atoms with Crippen molar-refractivity contribution in [3.05, 3.63) is 23.2 Å². The summed E-state index contributed by atoms with van der Waals surface area (Å²) in [6.07, 6.45) is 0.903. The second kappa shape index (κ2) is 5.71. The highest BCUT2D eigenvalue weighted by molar-refractivity contribution is 7.89. The van der Waals surface area contributed by atoms with Crippen LogP contribution in [-0.4, -0.2) is 15.0 Å². The summed E-state index contributed by atoms with van der Waals surface area (Å²) in [4.78, 5) is -0.0371. The van der Waals surface area contributed by atoms with Gasteiger partial charge in [-0.05, 0) is 18.1 Å². The van der Waals surface area contributed by atoms with Crippen molar-refractivity contribution >= 4 is 27.3 Å². The van der Waals surface area contributed by atoms with E-state index in [-0.39, 0.29) is 21.5 Å². The lowest BCUT2D eigenvalue weighted by Crippen LogP contribution is -2.29. The summed E-state index contributed by atoms with van der Waals surface area (Å²) in [7, 11) is -3.63. The monoisotopic (exact) mass is 276 g/mol. The average molecular weight is 277 g/mol. The molecule has 0 aliphatic carbocycles. The van der Waals surface area contributed by atoms with Gasteiger partial charge in [-0.3, -0.25) is 0 Å². The molecule has 4 nitrogen and oxygen atoms in total. The molecule has 0 saturated carbocycles. The Kier molecular flexibility index (Phi) is 4.80. The predicted molar refractivity (Wildman–Crippen MR) is 70.5 cm³/mol. The maximum absolute atomic E-state index is 12.0. The third kappa shape index (κ3) is 3.59. The van der Waals surface area contributed by atoms with E-state index in [2.05, 4.69) is 4.72 Å². The molecule has 6 heteroatoms. The van der Waals surface area contributed by atoms with E-state index in [9.17, 15) is 8.42 Å².